The van der Waals surface area contributed by atoms with Crippen LogP contribution in [0.2, 0.25) is 0 Å². The molecule has 0 aromatic rings. The van der Waals surface area contributed by atoms with E-state index in [-0.39, 0.29) is 0 Å². The van der Waals surface area contributed by atoms with Crippen LogP contribution in [0.4, 0.5) is 0 Å². The molecule has 0 saturated carbocycles. The van der Waals surface area contributed by atoms with Gasteiger partial charge in [-0.05, 0) is 18.8 Å². The van der Waals surface area contributed by atoms with Gasteiger partial charge < -0.3 is 0 Å². The third-order valence-corrected chi connectivity index (χ3v) is 4.14. The predicted octanol–water partition coefficient (Wildman–Crippen LogP) is 6.52. The Morgan fingerprint density at radius 1 is 0.647 bits per heavy atom. The highest BCUT2D eigenvalue weighted by Crippen LogP contribution is 2.19. The van der Waals surface area contributed by atoms with Crippen molar-refractivity contribution in [2.24, 2.45) is 5.92 Å². The summed E-state index contributed by atoms with van der Waals surface area (Å²) in [5.41, 5.74) is 0. The molecule has 1 radical (unpaired) electrons. The van der Waals surface area contributed by atoms with Gasteiger partial charge in [0.05, 0.1) is 0 Å². The quantitative estimate of drug-likeness (QED) is 0.329. The normalized spacial score (nSPS) is 12.9. The smallest absolute Gasteiger partial charge is 0.00653 e. The fraction of sp³-hybridized carbons (Fsp3) is 1.00. The molecule has 0 aliphatic rings. The first-order chi connectivity index (χ1) is 8.35. The van der Waals surface area contributed by atoms with Crippen molar-refractivity contribution < 1.29 is 0 Å². The number of hydrogen-bond acceptors (Lipinski definition) is 0. The van der Waals surface area contributed by atoms with Gasteiger partial charge in [-0.1, -0.05) is 90.7 Å². The van der Waals surface area contributed by atoms with Crippen LogP contribution < -0.4 is 0 Å². The second kappa shape index (κ2) is 14.4. The molecule has 17 heavy (non-hydrogen) atoms. The molecule has 1 heteroatoms. The minimum atomic E-state index is 0.841. The predicted molar refractivity (Wildman–Crippen MR) is 82.7 cm³/mol. The highest BCUT2D eigenvalue weighted by atomic mass is 32.1. The van der Waals surface area contributed by atoms with Gasteiger partial charge in [0.15, 0.2) is 0 Å². The lowest BCUT2D eigenvalue weighted by Gasteiger charge is -2.13. The van der Waals surface area contributed by atoms with Crippen LogP contribution in [-0.4, -0.2) is 5.75 Å². The van der Waals surface area contributed by atoms with E-state index in [1.807, 2.05) is 0 Å². The highest BCUT2D eigenvalue weighted by Gasteiger charge is 2.06. The summed E-state index contributed by atoms with van der Waals surface area (Å²) >= 11 is 5.27. The van der Waals surface area contributed by atoms with E-state index in [0.717, 1.165) is 11.7 Å². The lowest BCUT2D eigenvalue weighted by molar-refractivity contribution is 0.440. The van der Waals surface area contributed by atoms with E-state index in [4.69, 9.17) is 12.6 Å². The zero-order valence-electron chi connectivity index (χ0n) is 12.2. The summed E-state index contributed by atoms with van der Waals surface area (Å²) in [5, 5.41) is 0. The molecule has 0 heterocycles. The average Bonchev–Trinajstić information content (AvgIpc) is 2.36. The molecule has 0 rings (SSSR count). The molecule has 103 valence electrons. The maximum absolute atomic E-state index is 5.27. The van der Waals surface area contributed by atoms with Crippen LogP contribution in [0.5, 0.6) is 0 Å². The van der Waals surface area contributed by atoms with Crippen molar-refractivity contribution in [2.45, 2.75) is 90.9 Å². The van der Waals surface area contributed by atoms with Crippen molar-refractivity contribution >= 4 is 12.6 Å². The second-order valence-electron chi connectivity index (χ2n) is 5.44. The van der Waals surface area contributed by atoms with E-state index in [0.29, 0.717) is 0 Å². The number of unbranched alkanes of at least 4 members (excludes halogenated alkanes) is 8. The minimum Gasteiger partial charge on any atom is -0.0939 e. The molecule has 1 atom stereocenters. The maximum Gasteiger partial charge on any atom is 0.00653 e. The Morgan fingerprint density at radius 3 is 1.53 bits per heavy atom. The Kier molecular flexibility index (Phi) is 14.7. The zero-order chi connectivity index (χ0) is 12.8. The average molecular weight is 258 g/mol. The van der Waals surface area contributed by atoms with E-state index < -0.39 is 0 Å². The van der Waals surface area contributed by atoms with Crippen LogP contribution >= 0.6 is 12.6 Å². The summed E-state index contributed by atoms with van der Waals surface area (Å²) in [6.45, 7) is 4.56. The van der Waals surface area contributed by atoms with Gasteiger partial charge in [0.2, 0.25) is 0 Å². The molecule has 0 aromatic heterocycles. The van der Waals surface area contributed by atoms with Gasteiger partial charge in [-0.2, -0.15) is 0 Å². The van der Waals surface area contributed by atoms with Gasteiger partial charge in [-0.15, -0.1) is 0 Å². The summed E-state index contributed by atoms with van der Waals surface area (Å²) < 4.78 is 0. The van der Waals surface area contributed by atoms with Gasteiger partial charge in [-0.3, -0.25) is 0 Å². The molecular formula is C16H33S. The summed E-state index contributed by atoms with van der Waals surface area (Å²) in [5.74, 6) is 1.83. The minimum absolute atomic E-state index is 0.841. The monoisotopic (exact) mass is 257 g/mol. The molecule has 0 nitrogen and oxygen atoms in total. The lowest BCUT2D eigenvalue weighted by Crippen LogP contribution is -2.02. The van der Waals surface area contributed by atoms with Crippen molar-refractivity contribution in [1.82, 2.24) is 0 Å². The first-order valence-electron chi connectivity index (χ1n) is 7.93. The van der Waals surface area contributed by atoms with Crippen molar-refractivity contribution in [1.29, 1.82) is 0 Å². The molecule has 0 saturated heterocycles. The van der Waals surface area contributed by atoms with Gasteiger partial charge in [-0.25, -0.2) is 0 Å². The summed E-state index contributed by atoms with van der Waals surface area (Å²) in [6, 6.07) is 0. The van der Waals surface area contributed by atoms with Crippen LogP contribution in [0.15, 0.2) is 0 Å². The first-order valence-corrected chi connectivity index (χ1v) is 8.50. The highest BCUT2D eigenvalue weighted by molar-refractivity contribution is 7.80. The van der Waals surface area contributed by atoms with E-state index in [2.05, 4.69) is 13.8 Å². The van der Waals surface area contributed by atoms with Gasteiger partial charge in [0.1, 0.15) is 0 Å². The topological polar surface area (TPSA) is 0 Å². The summed E-state index contributed by atoms with van der Waals surface area (Å²) in [4.78, 5) is 0. The largest absolute Gasteiger partial charge is 0.0939 e. The molecule has 0 aliphatic heterocycles. The molecule has 0 aliphatic carbocycles. The van der Waals surface area contributed by atoms with Gasteiger partial charge >= 0.3 is 0 Å². The fourth-order valence-electron chi connectivity index (χ4n) is 2.38. The zero-order valence-corrected chi connectivity index (χ0v) is 13.0. The molecule has 0 spiro atoms. The number of hydrogen-bond donors (Lipinski definition) is 0. The van der Waals surface area contributed by atoms with Crippen LogP contribution in [-0.2, 0) is 0 Å². The third-order valence-electron chi connectivity index (χ3n) is 3.67. The summed E-state index contributed by atoms with van der Waals surface area (Å²) in [6.07, 6.45) is 16.8. The van der Waals surface area contributed by atoms with Crippen molar-refractivity contribution in [2.75, 3.05) is 5.75 Å². The first kappa shape index (κ1) is 17.4. The van der Waals surface area contributed by atoms with Crippen LogP contribution in [0, 0.1) is 5.92 Å². The Morgan fingerprint density at radius 2 is 1.06 bits per heavy atom. The van der Waals surface area contributed by atoms with E-state index >= 15 is 0 Å². The van der Waals surface area contributed by atoms with E-state index in [9.17, 15) is 0 Å². The molecule has 1 unspecified atom stereocenters. The van der Waals surface area contributed by atoms with E-state index in [1.54, 1.807) is 0 Å². The van der Waals surface area contributed by atoms with Crippen LogP contribution in [0.3, 0.4) is 0 Å². The van der Waals surface area contributed by atoms with Crippen molar-refractivity contribution in [3.05, 3.63) is 0 Å². The molecule has 0 aromatic carbocycles. The Labute approximate surface area is 115 Å². The van der Waals surface area contributed by atoms with Gasteiger partial charge in [0, 0.05) is 5.75 Å². The molecule has 0 N–H and O–H groups in total. The molecule has 0 bridgehead atoms. The van der Waals surface area contributed by atoms with Crippen LogP contribution in [0.1, 0.15) is 90.9 Å². The Hall–Kier alpha value is 0.350. The van der Waals surface area contributed by atoms with Gasteiger partial charge in [0.25, 0.3) is 0 Å². The van der Waals surface area contributed by atoms with Crippen molar-refractivity contribution in [3.63, 3.8) is 0 Å². The Balaban J connectivity index is 3.28. The molecule has 0 amide bonds. The van der Waals surface area contributed by atoms with Crippen LogP contribution in [0.25, 0.3) is 0 Å². The maximum atomic E-state index is 5.27. The second-order valence-corrected chi connectivity index (χ2v) is 5.77. The van der Waals surface area contributed by atoms with Crippen molar-refractivity contribution in [3.8, 4) is 0 Å². The summed E-state index contributed by atoms with van der Waals surface area (Å²) in [7, 11) is 0. The molecule has 0 fully saturated rings. The Bertz CT molecular complexity index is 133. The number of rotatable bonds is 13. The fourth-order valence-corrected chi connectivity index (χ4v) is 2.72. The van der Waals surface area contributed by atoms with E-state index in [1.165, 1.54) is 77.0 Å². The standard InChI is InChI=1S/C16H33S/c1-3-5-7-9-10-12-14-16(15-17)13-11-8-6-4-2/h16H,3-15H2,1-2H3. The molecular weight excluding hydrogens is 224 g/mol. The SMILES string of the molecule is CCCCCCCCC(C[S])CCCCCC. The third kappa shape index (κ3) is 12.6. The lowest BCUT2D eigenvalue weighted by atomic mass is 9.96.